The van der Waals surface area contributed by atoms with Crippen LogP contribution in [0.3, 0.4) is 0 Å². The molecule has 4 heteroatoms. The Kier molecular flexibility index (Phi) is 5.21. The molecule has 0 radical (unpaired) electrons. The standard InChI is InChI=1S/C16H28N4/c1-4-10-17-14-13(5-2)15(20-12-19-14)18-11-16(6-3)8-7-9-16/h12H,4-11H2,1-3H3,(H2,17,18,19,20). The Morgan fingerprint density at radius 1 is 1.10 bits per heavy atom. The van der Waals surface area contributed by atoms with E-state index < -0.39 is 0 Å². The number of hydrogen-bond acceptors (Lipinski definition) is 4. The average molecular weight is 276 g/mol. The van der Waals surface area contributed by atoms with Gasteiger partial charge in [-0.3, -0.25) is 0 Å². The maximum atomic E-state index is 4.45. The van der Waals surface area contributed by atoms with Gasteiger partial charge in [0, 0.05) is 18.7 Å². The van der Waals surface area contributed by atoms with Crippen LogP contribution in [-0.2, 0) is 6.42 Å². The first-order chi connectivity index (χ1) is 9.74. The van der Waals surface area contributed by atoms with Crippen molar-refractivity contribution in [1.29, 1.82) is 0 Å². The highest BCUT2D eigenvalue weighted by atomic mass is 15.1. The molecular formula is C16H28N4. The van der Waals surface area contributed by atoms with Gasteiger partial charge >= 0.3 is 0 Å². The molecule has 0 saturated heterocycles. The lowest BCUT2D eigenvalue weighted by molar-refractivity contribution is 0.145. The molecule has 0 spiro atoms. The minimum atomic E-state index is 0.507. The summed E-state index contributed by atoms with van der Waals surface area (Å²) in [5.74, 6) is 2.01. The van der Waals surface area contributed by atoms with Gasteiger partial charge in [-0.2, -0.15) is 0 Å². The third-order valence-electron chi connectivity index (χ3n) is 4.64. The zero-order valence-electron chi connectivity index (χ0n) is 13.1. The van der Waals surface area contributed by atoms with E-state index in [9.17, 15) is 0 Å². The van der Waals surface area contributed by atoms with Gasteiger partial charge in [0.05, 0.1) is 0 Å². The number of rotatable bonds is 8. The summed E-state index contributed by atoms with van der Waals surface area (Å²) in [6.07, 6.45) is 9.06. The third kappa shape index (κ3) is 3.22. The smallest absolute Gasteiger partial charge is 0.134 e. The van der Waals surface area contributed by atoms with Gasteiger partial charge in [0.2, 0.25) is 0 Å². The molecule has 1 aromatic rings. The van der Waals surface area contributed by atoms with Gasteiger partial charge in [0.1, 0.15) is 18.0 Å². The molecule has 0 aliphatic heterocycles. The van der Waals surface area contributed by atoms with Crippen LogP contribution >= 0.6 is 0 Å². The lowest BCUT2D eigenvalue weighted by Crippen LogP contribution is -2.36. The number of aromatic nitrogens is 2. The molecule has 0 atom stereocenters. The Morgan fingerprint density at radius 3 is 2.30 bits per heavy atom. The van der Waals surface area contributed by atoms with Crippen molar-refractivity contribution in [2.45, 2.75) is 59.3 Å². The van der Waals surface area contributed by atoms with Crippen molar-refractivity contribution >= 4 is 11.6 Å². The average Bonchev–Trinajstić information content (AvgIpc) is 2.44. The minimum Gasteiger partial charge on any atom is -0.370 e. The predicted octanol–water partition coefficient (Wildman–Crippen LogP) is 3.85. The highest BCUT2D eigenvalue weighted by Crippen LogP contribution is 2.43. The van der Waals surface area contributed by atoms with Crippen molar-refractivity contribution in [3.05, 3.63) is 11.9 Å². The van der Waals surface area contributed by atoms with Gasteiger partial charge in [-0.25, -0.2) is 9.97 Å². The first kappa shape index (κ1) is 15.1. The number of nitrogens with one attached hydrogen (secondary N) is 2. The van der Waals surface area contributed by atoms with Crippen LogP contribution in [0.25, 0.3) is 0 Å². The van der Waals surface area contributed by atoms with Crippen LogP contribution in [0, 0.1) is 5.41 Å². The fourth-order valence-electron chi connectivity index (χ4n) is 2.90. The molecule has 2 rings (SSSR count). The number of hydrogen-bond donors (Lipinski definition) is 2. The molecule has 0 unspecified atom stereocenters. The topological polar surface area (TPSA) is 49.8 Å². The summed E-state index contributed by atoms with van der Waals surface area (Å²) in [4.78, 5) is 8.84. The molecule has 2 N–H and O–H groups in total. The van der Waals surface area contributed by atoms with Gasteiger partial charge in [-0.1, -0.05) is 27.2 Å². The van der Waals surface area contributed by atoms with Crippen molar-refractivity contribution in [3.8, 4) is 0 Å². The molecule has 0 aromatic carbocycles. The molecule has 1 fully saturated rings. The summed E-state index contributed by atoms with van der Waals surface area (Å²) in [5.41, 5.74) is 1.72. The minimum absolute atomic E-state index is 0.507. The number of nitrogens with zero attached hydrogens (tertiary/aromatic N) is 2. The fraction of sp³-hybridized carbons (Fsp3) is 0.750. The lowest BCUT2D eigenvalue weighted by atomic mass is 9.67. The monoisotopic (exact) mass is 276 g/mol. The van der Waals surface area contributed by atoms with Gasteiger partial charge in [-0.05, 0) is 37.5 Å². The molecule has 1 aliphatic carbocycles. The Labute approximate surface area is 122 Å². The van der Waals surface area contributed by atoms with Crippen LogP contribution in [0.2, 0.25) is 0 Å². The second kappa shape index (κ2) is 6.91. The van der Waals surface area contributed by atoms with Crippen molar-refractivity contribution < 1.29 is 0 Å². The van der Waals surface area contributed by atoms with E-state index in [1.807, 2.05) is 0 Å². The summed E-state index contributed by atoms with van der Waals surface area (Å²) in [6.45, 7) is 8.64. The van der Waals surface area contributed by atoms with Crippen LogP contribution in [0.5, 0.6) is 0 Å². The van der Waals surface area contributed by atoms with Crippen LogP contribution in [0.4, 0.5) is 11.6 Å². The molecule has 4 nitrogen and oxygen atoms in total. The largest absolute Gasteiger partial charge is 0.370 e. The van der Waals surface area contributed by atoms with Crippen LogP contribution < -0.4 is 10.6 Å². The third-order valence-corrected chi connectivity index (χ3v) is 4.64. The van der Waals surface area contributed by atoms with E-state index in [0.717, 1.165) is 37.6 Å². The second-order valence-corrected chi connectivity index (χ2v) is 5.89. The summed E-state index contributed by atoms with van der Waals surface area (Å²) >= 11 is 0. The van der Waals surface area contributed by atoms with Gasteiger partial charge in [0.15, 0.2) is 0 Å². The van der Waals surface area contributed by atoms with Crippen molar-refractivity contribution in [2.24, 2.45) is 5.41 Å². The SMILES string of the molecule is CCCNc1ncnc(NCC2(CC)CCC2)c1CC. The van der Waals surface area contributed by atoms with Crippen LogP contribution in [0.15, 0.2) is 6.33 Å². The van der Waals surface area contributed by atoms with Crippen LogP contribution in [-0.4, -0.2) is 23.1 Å². The summed E-state index contributed by atoms with van der Waals surface area (Å²) in [6, 6.07) is 0. The molecular weight excluding hydrogens is 248 g/mol. The Bertz CT molecular complexity index is 421. The quantitative estimate of drug-likeness (QED) is 0.757. The van der Waals surface area contributed by atoms with Gasteiger partial charge < -0.3 is 10.6 Å². The Hall–Kier alpha value is -1.32. The first-order valence-electron chi connectivity index (χ1n) is 8.06. The molecule has 112 valence electrons. The number of anilines is 2. The van der Waals surface area contributed by atoms with Crippen molar-refractivity contribution in [3.63, 3.8) is 0 Å². The van der Waals surface area contributed by atoms with E-state index >= 15 is 0 Å². The lowest BCUT2D eigenvalue weighted by Gasteiger charge is -2.41. The molecule has 1 saturated carbocycles. The Morgan fingerprint density at radius 2 is 1.80 bits per heavy atom. The van der Waals surface area contributed by atoms with Gasteiger partial charge in [-0.15, -0.1) is 0 Å². The fourth-order valence-corrected chi connectivity index (χ4v) is 2.90. The summed E-state index contributed by atoms with van der Waals surface area (Å²) in [7, 11) is 0. The normalized spacial score (nSPS) is 16.6. The predicted molar refractivity (Wildman–Crippen MR) is 85.3 cm³/mol. The van der Waals surface area contributed by atoms with E-state index in [0.29, 0.717) is 5.41 Å². The molecule has 0 bridgehead atoms. The molecule has 20 heavy (non-hydrogen) atoms. The molecule has 0 amide bonds. The maximum Gasteiger partial charge on any atom is 0.134 e. The highest BCUT2D eigenvalue weighted by molar-refractivity contribution is 5.57. The zero-order valence-corrected chi connectivity index (χ0v) is 13.1. The highest BCUT2D eigenvalue weighted by Gasteiger charge is 2.34. The maximum absolute atomic E-state index is 4.45. The molecule has 1 aromatic heterocycles. The van der Waals surface area contributed by atoms with Crippen molar-refractivity contribution in [2.75, 3.05) is 23.7 Å². The molecule has 1 aliphatic rings. The van der Waals surface area contributed by atoms with E-state index in [4.69, 9.17) is 0 Å². The van der Waals surface area contributed by atoms with E-state index in [1.165, 1.54) is 31.2 Å². The molecule has 1 heterocycles. The first-order valence-corrected chi connectivity index (χ1v) is 8.06. The zero-order chi connectivity index (χ0) is 14.4. The summed E-state index contributed by atoms with van der Waals surface area (Å²) in [5, 5.41) is 6.99. The second-order valence-electron chi connectivity index (χ2n) is 5.89. The van der Waals surface area contributed by atoms with E-state index in [1.54, 1.807) is 6.33 Å². The van der Waals surface area contributed by atoms with Crippen molar-refractivity contribution in [1.82, 2.24) is 9.97 Å². The Balaban J connectivity index is 2.06. The van der Waals surface area contributed by atoms with E-state index in [-0.39, 0.29) is 0 Å². The van der Waals surface area contributed by atoms with E-state index in [2.05, 4.69) is 41.4 Å². The van der Waals surface area contributed by atoms with Crippen LogP contribution in [0.1, 0.15) is 58.4 Å². The summed E-state index contributed by atoms with van der Waals surface area (Å²) < 4.78 is 0. The van der Waals surface area contributed by atoms with Gasteiger partial charge in [0.25, 0.3) is 0 Å².